The zero-order chi connectivity index (χ0) is 47.8. The average molecular weight is 933 g/mol. The lowest BCUT2D eigenvalue weighted by atomic mass is 9.91. The van der Waals surface area contributed by atoms with Gasteiger partial charge in [0.05, 0.1) is 38.9 Å². The molecule has 0 bridgehead atoms. The summed E-state index contributed by atoms with van der Waals surface area (Å²) in [6.45, 7) is 17.7. The molecule has 0 spiro atoms. The van der Waals surface area contributed by atoms with E-state index in [1.54, 1.807) is 12.1 Å². The number of hydrogen-bond acceptors (Lipinski definition) is 2. The summed E-state index contributed by atoms with van der Waals surface area (Å²) in [6, 6.07) is 53.5. The summed E-state index contributed by atoms with van der Waals surface area (Å²) in [4.78, 5) is 3.81. The molecule has 338 valence electrons. The van der Waals surface area contributed by atoms with Crippen LogP contribution in [0.3, 0.4) is 0 Å². The van der Waals surface area contributed by atoms with Gasteiger partial charge in [-0.05, 0) is 95.1 Å². The van der Waals surface area contributed by atoms with Gasteiger partial charge in [0.15, 0.2) is 0 Å². The minimum Gasteiger partial charge on any atom is -0.307 e. The predicted octanol–water partition coefficient (Wildman–Crippen LogP) is 17.1. The van der Waals surface area contributed by atoms with Gasteiger partial charge in [-0.1, -0.05) is 170 Å². The van der Waals surface area contributed by atoms with Gasteiger partial charge in [-0.2, -0.15) is 0 Å². The lowest BCUT2D eigenvalue weighted by Gasteiger charge is -2.30. The van der Waals surface area contributed by atoms with Crippen molar-refractivity contribution in [1.82, 2.24) is 0 Å². The van der Waals surface area contributed by atoms with Gasteiger partial charge in [0.25, 0.3) is 0 Å². The zero-order valence-corrected chi connectivity index (χ0v) is 41.6. The molecule has 0 aliphatic rings. The maximum atomic E-state index is 16.7. The van der Waals surface area contributed by atoms with Crippen molar-refractivity contribution < 1.29 is 17.6 Å². The van der Waals surface area contributed by atoms with E-state index in [9.17, 15) is 0 Å². The van der Waals surface area contributed by atoms with E-state index in [0.717, 1.165) is 67.0 Å². The summed E-state index contributed by atoms with van der Waals surface area (Å²) in [5.41, 5.74) is 7.15. The van der Waals surface area contributed by atoms with Crippen LogP contribution in [0.2, 0.25) is 39.3 Å². The first-order chi connectivity index (χ1) is 32.4. The highest BCUT2D eigenvalue weighted by molar-refractivity contribution is 6.89. The van der Waals surface area contributed by atoms with Crippen molar-refractivity contribution in [3.63, 3.8) is 0 Å². The third kappa shape index (κ3) is 8.05. The number of nitrogens with zero attached hydrogens (tertiary/aromatic N) is 2. The highest BCUT2D eigenvalue weighted by atomic mass is 28.3. The van der Waals surface area contributed by atoms with Gasteiger partial charge in [0.1, 0.15) is 23.3 Å². The normalized spacial score (nSPS) is 12.1. The van der Waals surface area contributed by atoms with Gasteiger partial charge < -0.3 is 9.80 Å². The molecule has 0 unspecified atom stereocenters. The van der Waals surface area contributed by atoms with E-state index in [2.05, 4.69) is 99.9 Å². The smallest absolute Gasteiger partial charge is 0.150 e. The van der Waals surface area contributed by atoms with Gasteiger partial charge in [0, 0.05) is 45.4 Å². The second kappa shape index (κ2) is 16.9. The second-order valence-corrected chi connectivity index (χ2v) is 30.3. The molecule has 10 aromatic carbocycles. The van der Waals surface area contributed by atoms with Crippen LogP contribution in [0.4, 0.5) is 51.7 Å². The summed E-state index contributed by atoms with van der Waals surface area (Å²) in [5.74, 6) is -2.67. The molecule has 10 rings (SSSR count). The molecule has 0 atom stereocenters. The summed E-state index contributed by atoms with van der Waals surface area (Å²) in [6.07, 6.45) is 0. The summed E-state index contributed by atoms with van der Waals surface area (Å²) < 4.78 is 65.3. The fourth-order valence-electron chi connectivity index (χ4n) is 9.68. The van der Waals surface area contributed by atoms with Crippen LogP contribution in [0, 0.1) is 37.1 Å². The van der Waals surface area contributed by atoms with Crippen LogP contribution in [0.25, 0.3) is 54.6 Å². The first kappa shape index (κ1) is 44.8. The van der Waals surface area contributed by atoms with Crippen molar-refractivity contribution in [3.8, 4) is 22.3 Å². The van der Waals surface area contributed by atoms with Crippen molar-refractivity contribution in [2.75, 3.05) is 9.80 Å². The van der Waals surface area contributed by atoms with Crippen molar-refractivity contribution in [2.45, 2.75) is 53.1 Å². The Labute approximate surface area is 398 Å². The first-order valence-corrected chi connectivity index (χ1v) is 30.1. The van der Waals surface area contributed by atoms with Gasteiger partial charge in [0.2, 0.25) is 0 Å². The molecule has 0 saturated heterocycles. The molecule has 0 aromatic heterocycles. The van der Waals surface area contributed by atoms with Crippen LogP contribution in [-0.4, -0.2) is 16.1 Å². The molecule has 0 amide bonds. The molecule has 0 fully saturated rings. The van der Waals surface area contributed by atoms with E-state index in [1.807, 2.05) is 109 Å². The van der Waals surface area contributed by atoms with Crippen molar-refractivity contribution in [1.29, 1.82) is 0 Å². The van der Waals surface area contributed by atoms with E-state index in [1.165, 1.54) is 10.4 Å². The SMILES string of the molecule is Cc1cccc(-c2cc(N(c3ccc([Si](C)(C)C)cc3)c3ccc4ccc5c(N(c6ccc([Si](C)(C)C)cc6)c6cc(-c7cccc(C)c7)c(F)cc6F)ccc6ccc3c4c65)c(F)cc2F)c1. The molecule has 0 aliphatic heterocycles. The van der Waals surface area contributed by atoms with Crippen LogP contribution < -0.4 is 20.2 Å². The Bertz CT molecular complexity index is 3320. The zero-order valence-electron chi connectivity index (χ0n) is 39.6. The molecule has 0 radical (unpaired) electrons. The fourth-order valence-corrected chi connectivity index (χ4v) is 12.0. The monoisotopic (exact) mass is 932 g/mol. The van der Waals surface area contributed by atoms with E-state index < -0.39 is 39.4 Å². The quantitative estimate of drug-likeness (QED) is 0.0766. The van der Waals surface area contributed by atoms with E-state index in [0.29, 0.717) is 33.6 Å². The Morgan fingerprint density at radius 2 is 0.721 bits per heavy atom. The lowest BCUT2D eigenvalue weighted by Crippen LogP contribution is -2.37. The van der Waals surface area contributed by atoms with Crippen molar-refractivity contribution in [3.05, 3.63) is 204 Å². The molecule has 0 N–H and O–H groups in total. The highest BCUT2D eigenvalue weighted by Crippen LogP contribution is 2.49. The highest BCUT2D eigenvalue weighted by Gasteiger charge is 2.27. The van der Waals surface area contributed by atoms with Crippen molar-refractivity contribution in [2.24, 2.45) is 0 Å². The molecule has 0 aliphatic carbocycles. The van der Waals surface area contributed by atoms with E-state index >= 15 is 17.6 Å². The van der Waals surface area contributed by atoms with Gasteiger partial charge in [-0.25, -0.2) is 17.6 Å². The number of rotatable bonds is 10. The maximum absolute atomic E-state index is 16.7. The van der Waals surface area contributed by atoms with Crippen LogP contribution >= 0.6 is 0 Å². The molecular formula is C60H52F4N2Si2. The third-order valence-corrected chi connectivity index (χ3v) is 17.4. The molecule has 10 aromatic rings. The summed E-state index contributed by atoms with van der Waals surface area (Å²) >= 11 is 0. The minimum absolute atomic E-state index is 0.212. The summed E-state index contributed by atoms with van der Waals surface area (Å²) in [7, 11) is -3.41. The minimum atomic E-state index is -1.71. The summed E-state index contributed by atoms with van der Waals surface area (Å²) in [5, 5.41) is 8.04. The van der Waals surface area contributed by atoms with Crippen LogP contribution in [0.15, 0.2) is 170 Å². The Balaban J connectivity index is 1.23. The Hall–Kier alpha value is -7.01. The van der Waals surface area contributed by atoms with Crippen LogP contribution in [0.1, 0.15) is 11.1 Å². The number of halogens is 4. The molecule has 0 heterocycles. The Morgan fingerprint density at radius 1 is 0.353 bits per heavy atom. The van der Waals surface area contributed by atoms with E-state index in [-0.39, 0.29) is 11.4 Å². The van der Waals surface area contributed by atoms with Gasteiger partial charge in [-0.3, -0.25) is 0 Å². The average Bonchev–Trinajstić information content (AvgIpc) is 3.30. The van der Waals surface area contributed by atoms with Gasteiger partial charge in [-0.15, -0.1) is 0 Å². The Kier molecular flexibility index (Phi) is 11.2. The molecule has 68 heavy (non-hydrogen) atoms. The third-order valence-electron chi connectivity index (χ3n) is 13.3. The number of aryl methyl sites for hydroxylation is 2. The number of anilines is 6. The lowest BCUT2D eigenvalue weighted by molar-refractivity contribution is 0.586. The predicted molar refractivity (Wildman–Crippen MR) is 286 cm³/mol. The molecule has 8 heteroatoms. The second-order valence-electron chi connectivity index (χ2n) is 20.2. The first-order valence-electron chi connectivity index (χ1n) is 23.1. The van der Waals surface area contributed by atoms with Gasteiger partial charge >= 0.3 is 0 Å². The van der Waals surface area contributed by atoms with Crippen LogP contribution in [-0.2, 0) is 0 Å². The number of hydrogen-bond donors (Lipinski definition) is 0. The fraction of sp³-hybridized carbons (Fsp3) is 0.133. The Morgan fingerprint density at radius 3 is 1.07 bits per heavy atom. The van der Waals surface area contributed by atoms with E-state index in [4.69, 9.17) is 0 Å². The molecule has 0 saturated carbocycles. The largest absolute Gasteiger partial charge is 0.307 e. The van der Waals surface area contributed by atoms with Crippen molar-refractivity contribution >= 4 is 93.0 Å². The topological polar surface area (TPSA) is 6.48 Å². The number of benzene rings is 10. The molecular weight excluding hydrogens is 881 g/mol. The van der Waals surface area contributed by atoms with Crippen LogP contribution in [0.5, 0.6) is 0 Å². The molecule has 2 nitrogen and oxygen atoms in total. The standard InChI is InChI=1S/C60H52F4N2Si2/c1-37-11-9-13-41(31-37)49-33-57(53(63)35-51(49)61)65(43-19-23-45(24-20-43)67(3,4)5)55-29-17-39-16-28-48-56(30-18-40-15-27-47(55)59(39)60(40)48)66(44-21-25-46(26-22-44)68(6,7)8)58-34-50(52(62)36-54(58)64)42-14-10-12-38(2)32-42/h9-36H,1-8H3. The maximum Gasteiger partial charge on any atom is 0.150 e.